The quantitative estimate of drug-likeness (QED) is 0.767. The number of rotatable bonds is 4. The third kappa shape index (κ3) is 3.61. The number of hydrogen-bond acceptors (Lipinski definition) is 1. The summed E-state index contributed by atoms with van der Waals surface area (Å²) < 4.78 is 0. The highest BCUT2D eigenvalue weighted by atomic mass is 16.1. The predicted molar refractivity (Wildman–Crippen MR) is 104 cm³/mol. The Bertz CT molecular complexity index is 845. The number of quaternary nitrogens is 1. The summed E-state index contributed by atoms with van der Waals surface area (Å²) in [5.74, 6) is 0.388. The highest BCUT2D eigenvalue weighted by Gasteiger charge is 2.41. The molecule has 1 saturated heterocycles. The molecule has 2 N–H and O–H groups in total. The summed E-state index contributed by atoms with van der Waals surface area (Å²) in [6, 6.07) is 31.6. The molecule has 2 heteroatoms. The molecular formula is C24H24NO+. The average Bonchev–Trinajstić information content (AvgIpc) is 2.71. The van der Waals surface area contributed by atoms with E-state index in [0.717, 1.165) is 6.42 Å². The van der Waals surface area contributed by atoms with Crippen LogP contribution in [0.25, 0.3) is 0 Å². The van der Waals surface area contributed by atoms with Gasteiger partial charge in [0.1, 0.15) is 17.9 Å². The summed E-state index contributed by atoms with van der Waals surface area (Å²) in [7, 11) is 0. The largest absolute Gasteiger partial charge is 0.333 e. The molecule has 0 bridgehead atoms. The van der Waals surface area contributed by atoms with Gasteiger partial charge >= 0.3 is 0 Å². The van der Waals surface area contributed by atoms with Crippen LogP contribution in [-0.2, 0) is 11.2 Å². The molecule has 3 aromatic carbocycles. The van der Waals surface area contributed by atoms with Gasteiger partial charge in [0.2, 0.25) is 0 Å². The van der Waals surface area contributed by atoms with Gasteiger partial charge in [-0.15, -0.1) is 0 Å². The summed E-state index contributed by atoms with van der Waals surface area (Å²) in [5, 5.41) is 2.40. The highest BCUT2D eigenvalue weighted by molar-refractivity contribution is 5.83. The number of ketones is 1. The van der Waals surface area contributed by atoms with E-state index in [0.29, 0.717) is 12.2 Å². The number of carbonyl (C=O) groups is 1. The molecule has 3 aromatic rings. The van der Waals surface area contributed by atoms with Crippen LogP contribution in [0.2, 0.25) is 0 Å². The minimum atomic E-state index is 0.0137. The van der Waals surface area contributed by atoms with Gasteiger partial charge in [-0.1, -0.05) is 91.0 Å². The second-order valence-electron chi connectivity index (χ2n) is 7.11. The predicted octanol–water partition coefficient (Wildman–Crippen LogP) is 3.86. The molecule has 1 aliphatic heterocycles. The minimum absolute atomic E-state index is 0.0137. The lowest BCUT2D eigenvalue weighted by molar-refractivity contribution is -0.743. The van der Waals surface area contributed by atoms with Crippen molar-refractivity contribution in [3.05, 3.63) is 108 Å². The van der Waals surface area contributed by atoms with Gasteiger partial charge in [-0.05, 0) is 12.0 Å². The van der Waals surface area contributed by atoms with Crippen molar-refractivity contribution in [1.82, 2.24) is 0 Å². The number of Topliss-reactive ketones (excluding diaryl/α,β-unsaturated/α-hetero) is 1. The summed E-state index contributed by atoms with van der Waals surface area (Å²) in [6.07, 6.45) is 1.40. The molecular weight excluding hydrogens is 318 g/mol. The molecule has 2 nitrogen and oxygen atoms in total. The molecule has 0 aromatic heterocycles. The fourth-order valence-electron chi connectivity index (χ4n) is 4.08. The molecule has 26 heavy (non-hydrogen) atoms. The summed E-state index contributed by atoms with van der Waals surface area (Å²) >= 11 is 0. The average molecular weight is 342 g/mol. The molecule has 0 aliphatic carbocycles. The Labute approximate surface area is 154 Å². The number of benzene rings is 3. The normalized spacial score (nSPS) is 22.9. The molecule has 1 fully saturated rings. The minimum Gasteiger partial charge on any atom is -0.333 e. The van der Waals surface area contributed by atoms with Crippen LogP contribution in [0, 0.1) is 5.92 Å². The van der Waals surface area contributed by atoms with Gasteiger partial charge in [-0.25, -0.2) is 0 Å². The Morgan fingerprint density at radius 3 is 1.88 bits per heavy atom. The third-order valence-corrected chi connectivity index (χ3v) is 5.42. The Morgan fingerprint density at radius 1 is 0.731 bits per heavy atom. The molecule has 130 valence electrons. The van der Waals surface area contributed by atoms with E-state index in [9.17, 15) is 4.79 Å². The monoisotopic (exact) mass is 342 g/mol. The number of piperidine rings is 1. The van der Waals surface area contributed by atoms with Crippen molar-refractivity contribution in [2.24, 2.45) is 5.92 Å². The molecule has 3 atom stereocenters. The first-order valence-electron chi connectivity index (χ1n) is 9.33. The number of carbonyl (C=O) groups excluding carboxylic acids is 1. The lowest BCUT2D eigenvalue weighted by Gasteiger charge is -2.34. The summed E-state index contributed by atoms with van der Waals surface area (Å²) in [4.78, 5) is 13.1. The first-order valence-corrected chi connectivity index (χ1v) is 9.33. The van der Waals surface area contributed by atoms with E-state index in [1.807, 2.05) is 18.2 Å². The molecule has 0 saturated carbocycles. The van der Waals surface area contributed by atoms with Crippen molar-refractivity contribution >= 4 is 5.78 Å². The van der Waals surface area contributed by atoms with Gasteiger partial charge in [0.15, 0.2) is 0 Å². The van der Waals surface area contributed by atoms with Gasteiger partial charge in [0.25, 0.3) is 0 Å². The Balaban J connectivity index is 1.65. The second-order valence-corrected chi connectivity index (χ2v) is 7.11. The van der Waals surface area contributed by atoms with Crippen molar-refractivity contribution in [3.63, 3.8) is 0 Å². The van der Waals surface area contributed by atoms with E-state index in [-0.39, 0.29) is 18.0 Å². The maximum Gasteiger partial charge on any atom is 0.148 e. The standard InChI is InChI=1S/C24H23NO/c26-23-17-22(19-12-6-2-7-13-19)25-24(20-14-8-3-9-15-20)21(23)16-18-10-4-1-5-11-18/h1-15,21-22,24-25H,16-17H2/p+1/t21-,22+,24-/m1/s1. The van der Waals surface area contributed by atoms with Crippen LogP contribution in [0.1, 0.15) is 35.2 Å². The lowest BCUT2D eigenvalue weighted by atomic mass is 9.78. The number of nitrogens with two attached hydrogens (primary N) is 1. The maximum absolute atomic E-state index is 13.1. The molecule has 4 rings (SSSR count). The Kier molecular flexibility index (Phi) is 4.94. The van der Waals surface area contributed by atoms with Gasteiger partial charge < -0.3 is 5.32 Å². The van der Waals surface area contributed by atoms with Crippen LogP contribution in [0.4, 0.5) is 0 Å². The van der Waals surface area contributed by atoms with E-state index in [2.05, 4.69) is 78.1 Å². The van der Waals surface area contributed by atoms with Gasteiger partial charge in [0, 0.05) is 11.1 Å². The summed E-state index contributed by atoms with van der Waals surface area (Å²) in [5.41, 5.74) is 3.71. The van der Waals surface area contributed by atoms with E-state index in [1.165, 1.54) is 16.7 Å². The first kappa shape index (κ1) is 16.7. The van der Waals surface area contributed by atoms with Gasteiger partial charge in [-0.3, -0.25) is 4.79 Å². The maximum atomic E-state index is 13.1. The van der Waals surface area contributed by atoms with E-state index >= 15 is 0 Å². The lowest BCUT2D eigenvalue weighted by Crippen LogP contribution is -2.90. The molecule has 0 radical (unpaired) electrons. The smallest absolute Gasteiger partial charge is 0.148 e. The van der Waals surface area contributed by atoms with Crippen LogP contribution in [0.5, 0.6) is 0 Å². The fourth-order valence-corrected chi connectivity index (χ4v) is 4.08. The molecule has 0 unspecified atom stereocenters. The topological polar surface area (TPSA) is 33.7 Å². The van der Waals surface area contributed by atoms with Crippen molar-refractivity contribution in [2.45, 2.75) is 24.9 Å². The van der Waals surface area contributed by atoms with Crippen molar-refractivity contribution in [2.75, 3.05) is 0 Å². The Hall–Kier alpha value is -2.71. The van der Waals surface area contributed by atoms with Crippen LogP contribution < -0.4 is 5.32 Å². The zero-order chi connectivity index (χ0) is 17.8. The van der Waals surface area contributed by atoms with Crippen LogP contribution in [0.15, 0.2) is 91.0 Å². The molecule has 1 heterocycles. The highest BCUT2D eigenvalue weighted by Crippen LogP contribution is 2.31. The van der Waals surface area contributed by atoms with E-state index < -0.39 is 0 Å². The first-order chi connectivity index (χ1) is 12.8. The van der Waals surface area contributed by atoms with E-state index in [4.69, 9.17) is 0 Å². The summed E-state index contributed by atoms with van der Waals surface area (Å²) in [6.45, 7) is 0. The van der Waals surface area contributed by atoms with Gasteiger partial charge in [0.05, 0.1) is 12.3 Å². The number of hydrogen-bond donors (Lipinski definition) is 1. The van der Waals surface area contributed by atoms with Crippen molar-refractivity contribution < 1.29 is 10.1 Å². The zero-order valence-corrected chi connectivity index (χ0v) is 14.8. The van der Waals surface area contributed by atoms with Crippen molar-refractivity contribution in [3.8, 4) is 0 Å². The molecule has 0 spiro atoms. The van der Waals surface area contributed by atoms with Gasteiger partial charge in [-0.2, -0.15) is 0 Å². The molecule has 0 amide bonds. The Morgan fingerprint density at radius 2 is 1.27 bits per heavy atom. The van der Waals surface area contributed by atoms with Crippen LogP contribution >= 0.6 is 0 Å². The van der Waals surface area contributed by atoms with Crippen LogP contribution in [0.3, 0.4) is 0 Å². The molecule has 1 aliphatic rings. The second kappa shape index (κ2) is 7.67. The van der Waals surface area contributed by atoms with Crippen LogP contribution in [-0.4, -0.2) is 5.78 Å². The van der Waals surface area contributed by atoms with E-state index in [1.54, 1.807) is 0 Å². The third-order valence-electron chi connectivity index (χ3n) is 5.42. The van der Waals surface area contributed by atoms with Crippen molar-refractivity contribution in [1.29, 1.82) is 0 Å². The SMILES string of the molecule is O=C1C[C@@H](c2ccccc2)[NH2+][C@H](c2ccccc2)[C@@H]1Cc1ccccc1. The zero-order valence-electron chi connectivity index (χ0n) is 14.8. The fraction of sp³-hybridized carbons (Fsp3) is 0.208.